The van der Waals surface area contributed by atoms with E-state index in [4.69, 9.17) is 24.7 Å². The number of hydrogen-bond acceptors (Lipinski definition) is 11. The second-order valence-corrected chi connectivity index (χ2v) is 9.06. The summed E-state index contributed by atoms with van der Waals surface area (Å²) in [6.45, 7) is 4.51. The number of ether oxygens (including phenoxy) is 4. The predicted molar refractivity (Wildman–Crippen MR) is 161 cm³/mol. The molecule has 1 aliphatic rings. The SMILES string of the molecule is COc1ccc(CNc2nccc(-c3ccc(N4CCNCC4)nc3)n2)cc1OC.COc1ccc(N)cc1OC. The summed E-state index contributed by atoms with van der Waals surface area (Å²) in [6, 6.07) is 17.1. The van der Waals surface area contributed by atoms with Crippen molar-refractivity contribution in [2.45, 2.75) is 6.54 Å². The fraction of sp³-hybridized carbons (Fsp3) is 0.300. The topological polar surface area (TPSA) is 129 Å². The summed E-state index contributed by atoms with van der Waals surface area (Å²) in [4.78, 5) is 15.9. The highest BCUT2D eigenvalue weighted by Gasteiger charge is 2.12. The van der Waals surface area contributed by atoms with Crippen LogP contribution in [0, 0.1) is 0 Å². The molecule has 0 spiro atoms. The summed E-state index contributed by atoms with van der Waals surface area (Å²) in [5, 5.41) is 6.63. The molecule has 2 aromatic carbocycles. The molecule has 0 saturated carbocycles. The molecule has 1 fully saturated rings. The lowest BCUT2D eigenvalue weighted by Gasteiger charge is -2.28. The third-order valence-electron chi connectivity index (χ3n) is 6.45. The molecule has 11 heteroatoms. The zero-order chi connectivity index (χ0) is 29.0. The number of rotatable bonds is 9. The molecule has 216 valence electrons. The first kappa shape index (κ1) is 29.2. The smallest absolute Gasteiger partial charge is 0.223 e. The van der Waals surface area contributed by atoms with Crippen LogP contribution in [-0.2, 0) is 6.54 Å². The maximum absolute atomic E-state index is 5.52. The molecule has 41 heavy (non-hydrogen) atoms. The highest BCUT2D eigenvalue weighted by Crippen LogP contribution is 2.29. The van der Waals surface area contributed by atoms with Crippen molar-refractivity contribution in [3.63, 3.8) is 0 Å². The van der Waals surface area contributed by atoms with Gasteiger partial charge >= 0.3 is 0 Å². The van der Waals surface area contributed by atoms with Gasteiger partial charge in [0, 0.05) is 62.4 Å². The molecular weight excluding hydrogens is 522 g/mol. The number of nitrogens with one attached hydrogen (secondary N) is 2. The number of anilines is 3. The molecule has 0 radical (unpaired) electrons. The number of piperazine rings is 1. The molecule has 0 atom stereocenters. The largest absolute Gasteiger partial charge is 0.493 e. The van der Waals surface area contributed by atoms with Crippen molar-refractivity contribution in [1.29, 1.82) is 0 Å². The maximum atomic E-state index is 5.52. The first-order valence-corrected chi connectivity index (χ1v) is 13.2. The standard InChI is InChI=1S/C22H26N6O2.C8H11NO2/c1-29-19-5-3-16(13-20(19)30-2)14-26-22-24-8-7-18(27-22)17-4-6-21(25-15-17)28-11-9-23-10-12-28;1-10-7-4-3-6(9)5-8(7)11-2/h3-8,13,15,23H,9-12,14H2,1-2H3,(H,24,26,27);3-5H,9H2,1-2H3. The van der Waals surface area contributed by atoms with Gasteiger partial charge in [-0.2, -0.15) is 0 Å². The normalized spacial score (nSPS) is 12.5. The molecule has 3 heterocycles. The Hall–Kier alpha value is -4.77. The van der Waals surface area contributed by atoms with Crippen molar-refractivity contribution in [3.05, 3.63) is 72.6 Å². The Labute approximate surface area is 240 Å². The van der Waals surface area contributed by atoms with Crippen LogP contribution < -0.4 is 40.2 Å². The van der Waals surface area contributed by atoms with Gasteiger partial charge in [0.2, 0.25) is 5.95 Å². The number of nitrogen functional groups attached to an aromatic ring is 1. The van der Waals surface area contributed by atoms with E-state index in [1.807, 2.05) is 30.5 Å². The summed E-state index contributed by atoms with van der Waals surface area (Å²) < 4.78 is 20.7. The van der Waals surface area contributed by atoms with Gasteiger partial charge in [-0.3, -0.25) is 0 Å². The average Bonchev–Trinajstić information content (AvgIpc) is 3.04. The van der Waals surface area contributed by atoms with Gasteiger partial charge in [0.25, 0.3) is 0 Å². The second kappa shape index (κ2) is 14.6. The van der Waals surface area contributed by atoms with Crippen molar-refractivity contribution >= 4 is 17.5 Å². The van der Waals surface area contributed by atoms with Gasteiger partial charge in [-0.1, -0.05) is 6.07 Å². The van der Waals surface area contributed by atoms with Gasteiger partial charge in [-0.25, -0.2) is 15.0 Å². The molecule has 1 aliphatic heterocycles. The Morgan fingerprint density at radius 1 is 0.805 bits per heavy atom. The third-order valence-corrected chi connectivity index (χ3v) is 6.45. The molecule has 0 bridgehead atoms. The van der Waals surface area contributed by atoms with Crippen LogP contribution in [0.2, 0.25) is 0 Å². The second-order valence-electron chi connectivity index (χ2n) is 9.06. The van der Waals surface area contributed by atoms with Crippen molar-refractivity contribution in [2.24, 2.45) is 0 Å². The zero-order valence-corrected chi connectivity index (χ0v) is 23.9. The summed E-state index contributed by atoms with van der Waals surface area (Å²) >= 11 is 0. The van der Waals surface area contributed by atoms with Gasteiger partial charge in [0.05, 0.1) is 34.1 Å². The Balaban J connectivity index is 0.000000296. The van der Waals surface area contributed by atoms with Crippen molar-refractivity contribution in [3.8, 4) is 34.3 Å². The highest BCUT2D eigenvalue weighted by molar-refractivity contribution is 5.61. The molecule has 11 nitrogen and oxygen atoms in total. The van der Waals surface area contributed by atoms with E-state index >= 15 is 0 Å². The minimum absolute atomic E-state index is 0.563. The van der Waals surface area contributed by atoms with Crippen LogP contribution >= 0.6 is 0 Å². The van der Waals surface area contributed by atoms with Gasteiger partial charge in [-0.15, -0.1) is 0 Å². The number of nitrogens with zero attached hydrogens (tertiary/aromatic N) is 4. The average molecular weight is 560 g/mol. The number of nitrogens with two attached hydrogens (primary N) is 1. The van der Waals surface area contributed by atoms with Crippen molar-refractivity contribution in [1.82, 2.24) is 20.3 Å². The minimum Gasteiger partial charge on any atom is -0.493 e. The van der Waals surface area contributed by atoms with Gasteiger partial charge in [0.15, 0.2) is 23.0 Å². The van der Waals surface area contributed by atoms with E-state index in [-0.39, 0.29) is 0 Å². The molecule has 2 aromatic heterocycles. The highest BCUT2D eigenvalue weighted by atomic mass is 16.5. The summed E-state index contributed by atoms with van der Waals surface area (Å²) in [5.74, 6) is 4.32. The number of benzene rings is 2. The molecule has 4 N–H and O–H groups in total. The van der Waals surface area contributed by atoms with Gasteiger partial charge < -0.3 is 40.2 Å². The molecule has 4 aromatic rings. The monoisotopic (exact) mass is 559 g/mol. The van der Waals surface area contributed by atoms with E-state index in [1.54, 1.807) is 52.8 Å². The Kier molecular flexibility index (Phi) is 10.4. The van der Waals surface area contributed by atoms with Crippen LogP contribution in [0.5, 0.6) is 23.0 Å². The number of aromatic nitrogens is 3. The van der Waals surface area contributed by atoms with Crippen LogP contribution in [0.25, 0.3) is 11.3 Å². The lowest BCUT2D eigenvalue weighted by atomic mass is 10.2. The zero-order valence-electron chi connectivity index (χ0n) is 23.9. The minimum atomic E-state index is 0.563. The Morgan fingerprint density at radius 3 is 2.15 bits per heavy atom. The first-order chi connectivity index (χ1) is 20.0. The first-order valence-electron chi connectivity index (χ1n) is 13.2. The van der Waals surface area contributed by atoms with Crippen molar-refractivity contribution < 1.29 is 18.9 Å². The van der Waals surface area contributed by atoms with Gasteiger partial charge in [-0.05, 0) is 48.0 Å². The fourth-order valence-corrected chi connectivity index (χ4v) is 4.25. The molecule has 0 unspecified atom stereocenters. The summed E-state index contributed by atoms with van der Waals surface area (Å²) in [6.07, 6.45) is 3.63. The molecule has 5 rings (SSSR count). The lowest BCUT2D eigenvalue weighted by Crippen LogP contribution is -2.43. The number of hydrogen-bond donors (Lipinski definition) is 3. The fourth-order valence-electron chi connectivity index (χ4n) is 4.25. The van der Waals surface area contributed by atoms with E-state index < -0.39 is 0 Å². The molecule has 1 saturated heterocycles. The Bertz CT molecular complexity index is 1400. The van der Waals surface area contributed by atoms with Crippen LogP contribution in [0.3, 0.4) is 0 Å². The van der Waals surface area contributed by atoms with Crippen LogP contribution in [0.4, 0.5) is 17.5 Å². The van der Waals surface area contributed by atoms with E-state index in [0.717, 1.165) is 48.8 Å². The van der Waals surface area contributed by atoms with Crippen molar-refractivity contribution in [2.75, 3.05) is 70.6 Å². The number of methoxy groups -OCH3 is 4. The summed E-state index contributed by atoms with van der Waals surface area (Å²) in [7, 11) is 6.43. The van der Waals surface area contributed by atoms with Crippen LogP contribution in [0.15, 0.2) is 67.0 Å². The molecular formula is C30H37N7O4. The van der Waals surface area contributed by atoms with Crippen LogP contribution in [0.1, 0.15) is 5.56 Å². The van der Waals surface area contributed by atoms with Gasteiger partial charge in [0.1, 0.15) is 5.82 Å². The van der Waals surface area contributed by atoms with E-state index in [1.165, 1.54) is 0 Å². The van der Waals surface area contributed by atoms with E-state index in [0.29, 0.717) is 41.2 Å². The summed E-state index contributed by atoms with van der Waals surface area (Å²) in [5.41, 5.74) is 9.03. The molecule has 0 amide bonds. The lowest BCUT2D eigenvalue weighted by molar-refractivity contribution is 0.354. The van der Waals surface area contributed by atoms with E-state index in [9.17, 15) is 0 Å². The maximum Gasteiger partial charge on any atom is 0.223 e. The third kappa shape index (κ3) is 7.89. The number of pyridine rings is 1. The van der Waals surface area contributed by atoms with Crippen LogP contribution in [-0.4, -0.2) is 69.6 Å². The molecule has 0 aliphatic carbocycles. The predicted octanol–water partition coefficient (Wildman–Crippen LogP) is 3.86. The Morgan fingerprint density at radius 2 is 1.49 bits per heavy atom. The quantitative estimate of drug-likeness (QED) is 0.259. The van der Waals surface area contributed by atoms with E-state index in [2.05, 4.69) is 42.6 Å².